The Balaban J connectivity index is 1.78. The first-order valence-electron chi connectivity index (χ1n) is 8.40. The van der Waals surface area contributed by atoms with Gasteiger partial charge in [0.15, 0.2) is 0 Å². The molecule has 130 valence electrons. The van der Waals surface area contributed by atoms with Crippen LogP contribution in [0.4, 0.5) is 0 Å². The summed E-state index contributed by atoms with van der Waals surface area (Å²) in [4.78, 5) is 26.0. The Kier molecular flexibility index (Phi) is 5.03. The van der Waals surface area contributed by atoms with Gasteiger partial charge in [-0.15, -0.1) is 0 Å². The Labute approximate surface area is 146 Å². The van der Waals surface area contributed by atoms with Gasteiger partial charge in [-0.3, -0.25) is 9.59 Å². The zero-order valence-electron chi connectivity index (χ0n) is 14.1. The lowest BCUT2D eigenvalue weighted by atomic mass is 9.89. The minimum absolute atomic E-state index is 0.146. The molecular formula is C20H21NO4. The Morgan fingerprint density at radius 2 is 1.76 bits per heavy atom. The van der Waals surface area contributed by atoms with E-state index in [2.05, 4.69) is 0 Å². The van der Waals surface area contributed by atoms with Gasteiger partial charge >= 0.3 is 5.97 Å². The molecule has 0 aliphatic carbocycles. The highest BCUT2D eigenvalue weighted by atomic mass is 16.5. The van der Waals surface area contributed by atoms with E-state index in [1.165, 1.54) is 0 Å². The number of carbonyl (C=O) groups excluding carboxylic acids is 1. The van der Waals surface area contributed by atoms with Crippen molar-refractivity contribution in [3.63, 3.8) is 0 Å². The topological polar surface area (TPSA) is 66.8 Å². The average molecular weight is 339 g/mol. The van der Waals surface area contributed by atoms with Crippen LogP contribution in [0.15, 0.2) is 54.6 Å². The van der Waals surface area contributed by atoms with E-state index in [0.717, 1.165) is 5.56 Å². The molecule has 1 aliphatic heterocycles. The van der Waals surface area contributed by atoms with Gasteiger partial charge in [0.1, 0.15) is 5.75 Å². The lowest BCUT2D eigenvalue weighted by molar-refractivity contribution is -0.141. The van der Waals surface area contributed by atoms with Crippen LogP contribution >= 0.6 is 0 Å². The van der Waals surface area contributed by atoms with E-state index in [4.69, 9.17) is 4.74 Å². The van der Waals surface area contributed by atoms with Gasteiger partial charge in [0.25, 0.3) is 5.91 Å². The predicted octanol–water partition coefficient (Wildman–Crippen LogP) is 3.03. The summed E-state index contributed by atoms with van der Waals surface area (Å²) in [5.41, 5.74) is 1.50. The first kappa shape index (κ1) is 17.0. The van der Waals surface area contributed by atoms with Crippen molar-refractivity contribution in [2.75, 3.05) is 19.7 Å². The van der Waals surface area contributed by atoms with E-state index in [0.29, 0.717) is 24.5 Å². The number of carbonyl (C=O) groups is 2. The van der Waals surface area contributed by atoms with Crippen molar-refractivity contribution in [2.24, 2.45) is 5.92 Å². The second-order valence-corrected chi connectivity index (χ2v) is 6.13. The SMILES string of the molecule is CCOc1ccc(C(=O)N2C[C@H](C(=O)O)[C@H](c3ccccc3)C2)cc1. The molecule has 0 saturated carbocycles. The van der Waals surface area contributed by atoms with Crippen molar-refractivity contribution in [2.45, 2.75) is 12.8 Å². The third-order valence-corrected chi connectivity index (χ3v) is 4.56. The number of rotatable bonds is 5. The predicted molar refractivity (Wildman–Crippen MR) is 93.8 cm³/mol. The third kappa shape index (κ3) is 3.65. The first-order valence-corrected chi connectivity index (χ1v) is 8.40. The van der Waals surface area contributed by atoms with Crippen molar-refractivity contribution in [1.29, 1.82) is 0 Å². The van der Waals surface area contributed by atoms with Crippen molar-refractivity contribution in [1.82, 2.24) is 4.90 Å². The molecule has 1 saturated heterocycles. The Bertz CT molecular complexity index is 742. The van der Waals surface area contributed by atoms with Crippen molar-refractivity contribution in [3.8, 4) is 5.75 Å². The van der Waals surface area contributed by atoms with Crippen LogP contribution < -0.4 is 4.74 Å². The maximum absolute atomic E-state index is 12.8. The molecule has 3 rings (SSSR count). The fraction of sp³-hybridized carbons (Fsp3) is 0.300. The molecule has 1 amide bonds. The number of hydrogen-bond donors (Lipinski definition) is 1. The first-order chi connectivity index (χ1) is 12.1. The molecule has 25 heavy (non-hydrogen) atoms. The smallest absolute Gasteiger partial charge is 0.308 e. The van der Waals surface area contributed by atoms with E-state index in [-0.39, 0.29) is 18.4 Å². The number of likely N-dealkylation sites (tertiary alicyclic amines) is 1. The largest absolute Gasteiger partial charge is 0.494 e. The van der Waals surface area contributed by atoms with E-state index in [1.54, 1.807) is 29.2 Å². The van der Waals surface area contributed by atoms with Crippen LogP contribution in [-0.2, 0) is 4.79 Å². The molecule has 2 aromatic carbocycles. The van der Waals surface area contributed by atoms with Gasteiger partial charge in [-0.25, -0.2) is 0 Å². The quantitative estimate of drug-likeness (QED) is 0.909. The zero-order chi connectivity index (χ0) is 17.8. The summed E-state index contributed by atoms with van der Waals surface area (Å²) in [6, 6.07) is 16.5. The van der Waals surface area contributed by atoms with Crippen molar-refractivity contribution >= 4 is 11.9 Å². The van der Waals surface area contributed by atoms with E-state index in [9.17, 15) is 14.7 Å². The van der Waals surface area contributed by atoms with Gasteiger partial charge in [0.2, 0.25) is 0 Å². The molecule has 1 N–H and O–H groups in total. The summed E-state index contributed by atoms with van der Waals surface area (Å²) in [5, 5.41) is 9.56. The lowest BCUT2D eigenvalue weighted by Crippen LogP contribution is -2.29. The normalized spacial score (nSPS) is 19.6. The minimum Gasteiger partial charge on any atom is -0.494 e. The lowest BCUT2D eigenvalue weighted by Gasteiger charge is -2.17. The number of amides is 1. The second kappa shape index (κ2) is 7.38. The summed E-state index contributed by atoms with van der Waals surface area (Å²) in [5.74, 6) is -1.07. The van der Waals surface area contributed by atoms with Crippen LogP contribution in [0, 0.1) is 5.92 Å². The summed E-state index contributed by atoms with van der Waals surface area (Å²) in [7, 11) is 0. The molecule has 2 aromatic rings. The van der Waals surface area contributed by atoms with Crippen molar-refractivity contribution < 1.29 is 19.4 Å². The van der Waals surface area contributed by atoms with E-state index >= 15 is 0 Å². The highest BCUT2D eigenvalue weighted by Crippen LogP contribution is 2.33. The van der Waals surface area contributed by atoms with Gasteiger partial charge in [-0.2, -0.15) is 0 Å². The van der Waals surface area contributed by atoms with Gasteiger partial charge < -0.3 is 14.7 Å². The number of benzene rings is 2. The molecule has 1 heterocycles. The molecule has 0 radical (unpaired) electrons. The number of nitrogens with zero attached hydrogens (tertiary/aromatic N) is 1. The molecule has 1 fully saturated rings. The van der Waals surface area contributed by atoms with Gasteiger partial charge in [-0.05, 0) is 36.8 Å². The highest BCUT2D eigenvalue weighted by molar-refractivity contribution is 5.95. The number of carboxylic acid groups (broad SMARTS) is 1. The maximum Gasteiger partial charge on any atom is 0.308 e. The van der Waals surface area contributed by atoms with Gasteiger partial charge in [0.05, 0.1) is 12.5 Å². The van der Waals surface area contributed by atoms with Crippen molar-refractivity contribution in [3.05, 3.63) is 65.7 Å². The Morgan fingerprint density at radius 3 is 2.36 bits per heavy atom. The summed E-state index contributed by atoms with van der Waals surface area (Å²) in [6.45, 7) is 3.10. The average Bonchev–Trinajstić information content (AvgIpc) is 3.08. The molecular weight excluding hydrogens is 318 g/mol. The van der Waals surface area contributed by atoms with E-state index < -0.39 is 11.9 Å². The zero-order valence-corrected chi connectivity index (χ0v) is 14.1. The van der Waals surface area contributed by atoms with Crippen LogP contribution in [-0.4, -0.2) is 41.6 Å². The molecule has 5 nitrogen and oxygen atoms in total. The maximum atomic E-state index is 12.8. The summed E-state index contributed by atoms with van der Waals surface area (Å²) in [6.07, 6.45) is 0. The number of hydrogen-bond acceptors (Lipinski definition) is 3. The molecule has 0 unspecified atom stereocenters. The number of carboxylic acids is 1. The molecule has 0 spiro atoms. The standard InChI is InChI=1S/C20H21NO4/c1-2-25-16-10-8-15(9-11-16)19(22)21-12-17(18(13-21)20(23)24)14-6-4-3-5-7-14/h3-11,17-18H,2,12-13H2,1H3,(H,23,24)/t17-,18-/m0/s1. The molecule has 0 bridgehead atoms. The van der Waals surface area contributed by atoms with Gasteiger partial charge in [-0.1, -0.05) is 30.3 Å². The third-order valence-electron chi connectivity index (χ3n) is 4.56. The van der Waals surface area contributed by atoms with Crippen LogP contribution in [0.2, 0.25) is 0 Å². The monoisotopic (exact) mass is 339 g/mol. The number of ether oxygens (including phenoxy) is 1. The van der Waals surface area contributed by atoms with E-state index in [1.807, 2.05) is 37.3 Å². The van der Waals surface area contributed by atoms with Crippen LogP contribution in [0.3, 0.4) is 0 Å². The molecule has 2 atom stereocenters. The Hall–Kier alpha value is -2.82. The van der Waals surface area contributed by atoms with Gasteiger partial charge in [0, 0.05) is 24.6 Å². The number of aliphatic carboxylic acids is 1. The fourth-order valence-electron chi connectivity index (χ4n) is 3.30. The molecule has 5 heteroatoms. The second-order valence-electron chi connectivity index (χ2n) is 6.13. The highest BCUT2D eigenvalue weighted by Gasteiger charge is 2.40. The Morgan fingerprint density at radius 1 is 1.08 bits per heavy atom. The molecule has 0 aromatic heterocycles. The summed E-state index contributed by atoms with van der Waals surface area (Å²) < 4.78 is 5.39. The fourth-order valence-corrected chi connectivity index (χ4v) is 3.30. The minimum atomic E-state index is -0.865. The summed E-state index contributed by atoms with van der Waals surface area (Å²) >= 11 is 0. The van der Waals surface area contributed by atoms with Crippen LogP contribution in [0.25, 0.3) is 0 Å². The molecule has 1 aliphatic rings. The van der Waals surface area contributed by atoms with Crippen LogP contribution in [0.1, 0.15) is 28.8 Å². The van der Waals surface area contributed by atoms with Crippen LogP contribution in [0.5, 0.6) is 5.75 Å².